The van der Waals surface area contributed by atoms with E-state index in [1.54, 1.807) is 6.21 Å². The van der Waals surface area contributed by atoms with Crippen molar-refractivity contribution in [1.29, 1.82) is 0 Å². The van der Waals surface area contributed by atoms with Crippen molar-refractivity contribution in [3.8, 4) is 0 Å². The molecule has 0 atom stereocenters. The lowest BCUT2D eigenvalue weighted by atomic mass is 9.87. The maximum atomic E-state index is 11.8. The molecule has 0 aliphatic heterocycles. The first-order valence-electron chi connectivity index (χ1n) is 7.51. The molecule has 0 aromatic heterocycles. The summed E-state index contributed by atoms with van der Waals surface area (Å²) in [7, 11) is 0. The second-order valence-corrected chi connectivity index (χ2v) is 7.38. The topological polar surface area (TPSA) is 41.5 Å². The number of benzene rings is 2. The SMILES string of the molecule is CC(C)(C)c1ccc(C=NNC(=O)Cc2ccc(Br)cc2)cc1. The van der Waals surface area contributed by atoms with Crippen LogP contribution in [-0.4, -0.2) is 12.1 Å². The molecular weight excluding hydrogens is 352 g/mol. The summed E-state index contributed by atoms with van der Waals surface area (Å²) in [6.45, 7) is 6.54. The molecule has 0 spiro atoms. The Hall–Kier alpha value is -1.94. The second-order valence-electron chi connectivity index (χ2n) is 6.47. The quantitative estimate of drug-likeness (QED) is 0.625. The van der Waals surface area contributed by atoms with Crippen LogP contribution in [-0.2, 0) is 16.6 Å². The summed E-state index contributed by atoms with van der Waals surface area (Å²) in [5.74, 6) is -0.130. The molecule has 2 aromatic rings. The third-order valence-electron chi connectivity index (χ3n) is 3.46. The number of nitrogens with zero attached hydrogens (tertiary/aromatic N) is 1. The molecule has 0 unspecified atom stereocenters. The van der Waals surface area contributed by atoms with Gasteiger partial charge in [-0.15, -0.1) is 0 Å². The highest BCUT2D eigenvalue weighted by Gasteiger charge is 2.12. The van der Waals surface area contributed by atoms with Gasteiger partial charge < -0.3 is 0 Å². The average Bonchev–Trinajstić information content (AvgIpc) is 2.49. The van der Waals surface area contributed by atoms with Gasteiger partial charge in [-0.3, -0.25) is 4.79 Å². The molecule has 0 heterocycles. The predicted molar refractivity (Wildman–Crippen MR) is 98.7 cm³/mol. The van der Waals surface area contributed by atoms with E-state index in [1.165, 1.54) is 5.56 Å². The highest BCUT2D eigenvalue weighted by molar-refractivity contribution is 9.10. The zero-order valence-corrected chi connectivity index (χ0v) is 15.2. The van der Waals surface area contributed by atoms with Crippen molar-refractivity contribution in [3.63, 3.8) is 0 Å². The van der Waals surface area contributed by atoms with Gasteiger partial charge in [0.05, 0.1) is 12.6 Å². The number of hydrazone groups is 1. The lowest BCUT2D eigenvalue weighted by Crippen LogP contribution is -2.19. The van der Waals surface area contributed by atoms with Crippen molar-refractivity contribution >= 4 is 28.1 Å². The van der Waals surface area contributed by atoms with Crippen molar-refractivity contribution in [2.45, 2.75) is 32.6 Å². The van der Waals surface area contributed by atoms with Crippen LogP contribution in [0.5, 0.6) is 0 Å². The molecular formula is C19H21BrN2O. The fourth-order valence-electron chi connectivity index (χ4n) is 2.08. The van der Waals surface area contributed by atoms with E-state index in [9.17, 15) is 4.79 Å². The minimum absolute atomic E-state index is 0.130. The Kier molecular flexibility index (Phi) is 5.72. The molecule has 23 heavy (non-hydrogen) atoms. The number of carbonyl (C=O) groups excluding carboxylic acids is 1. The van der Waals surface area contributed by atoms with Gasteiger partial charge in [-0.2, -0.15) is 5.10 Å². The molecule has 1 N–H and O–H groups in total. The van der Waals surface area contributed by atoms with Gasteiger partial charge in [-0.05, 0) is 34.2 Å². The molecule has 0 aliphatic rings. The Balaban J connectivity index is 1.88. The first-order chi connectivity index (χ1) is 10.8. The van der Waals surface area contributed by atoms with Crippen LogP contribution in [0.15, 0.2) is 58.1 Å². The van der Waals surface area contributed by atoms with Crippen LogP contribution >= 0.6 is 15.9 Å². The third-order valence-corrected chi connectivity index (χ3v) is 3.99. The molecule has 120 valence electrons. The Morgan fingerprint density at radius 3 is 2.26 bits per heavy atom. The molecule has 0 bridgehead atoms. The normalized spacial score (nSPS) is 11.7. The maximum Gasteiger partial charge on any atom is 0.244 e. The molecule has 1 amide bonds. The summed E-state index contributed by atoms with van der Waals surface area (Å²) in [5, 5.41) is 4.01. The van der Waals surface area contributed by atoms with Crippen LogP contribution in [0.2, 0.25) is 0 Å². The first kappa shape index (κ1) is 17.4. The Labute approximate surface area is 145 Å². The summed E-state index contributed by atoms with van der Waals surface area (Å²) in [6, 6.07) is 15.9. The number of amides is 1. The zero-order chi connectivity index (χ0) is 16.9. The minimum Gasteiger partial charge on any atom is -0.273 e. The van der Waals surface area contributed by atoms with Crippen molar-refractivity contribution in [2.24, 2.45) is 5.10 Å². The van der Waals surface area contributed by atoms with Crippen LogP contribution in [0.1, 0.15) is 37.5 Å². The standard InChI is InChI=1S/C19H21BrN2O/c1-19(2,3)16-8-4-15(5-9-16)13-21-22-18(23)12-14-6-10-17(20)11-7-14/h4-11,13H,12H2,1-3H3,(H,22,23). The number of halogens is 1. The van der Waals surface area contributed by atoms with E-state index in [1.807, 2.05) is 36.4 Å². The molecule has 0 fully saturated rings. The van der Waals surface area contributed by atoms with E-state index in [0.29, 0.717) is 6.42 Å². The molecule has 2 aromatic carbocycles. The fourth-order valence-corrected chi connectivity index (χ4v) is 2.34. The van der Waals surface area contributed by atoms with Crippen molar-refractivity contribution in [3.05, 3.63) is 69.7 Å². The van der Waals surface area contributed by atoms with E-state index in [2.05, 4.69) is 59.4 Å². The lowest BCUT2D eigenvalue weighted by Gasteiger charge is -2.18. The summed E-state index contributed by atoms with van der Waals surface area (Å²) < 4.78 is 0.999. The van der Waals surface area contributed by atoms with Crippen LogP contribution in [0.4, 0.5) is 0 Å². The smallest absolute Gasteiger partial charge is 0.244 e. The number of rotatable bonds is 4. The third kappa shape index (κ3) is 5.64. The summed E-state index contributed by atoms with van der Waals surface area (Å²) in [6.07, 6.45) is 1.97. The first-order valence-corrected chi connectivity index (χ1v) is 8.31. The van der Waals surface area contributed by atoms with Gasteiger partial charge in [-0.25, -0.2) is 5.43 Å². The Morgan fingerprint density at radius 2 is 1.70 bits per heavy atom. The number of hydrogen-bond acceptors (Lipinski definition) is 2. The highest BCUT2D eigenvalue weighted by atomic mass is 79.9. The van der Waals surface area contributed by atoms with Crippen LogP contribution in [0, 0.1) is 0 Å². The Bertz CT molecular complexity index is 683. The monoisotopic (exact) mass is 372 g/mol. The highest BCUT2D eigenvalue weighted by Crippen LogP contribution is 2.21. The molecule has 0 saturated carbocycles. The van der Waals surface area contributed by atoms with Crippen LogP contribution in [0.3, 0.4) is 0 Å². The molecule has 0 aliphatic carbocycles. The Morgan fingerprint density at radius 1 is 1.09 bits per heavy atom. The fraction of sp³-hybridized carbons (Fsp3) is 0.263. The van der Waals surface area contributed by atoms with E-state index >= 15 is 0 Å². The summed E-state index contributed by atoms with van der Waals surface area (Å²) >= 11 is 3.37. The molecule has 2 rings (SSSR count). The van der Waals surface area contributed by atoms with Gasteiger partial charge in [0.1, 0.15) is 0 Å². The summed E-state index contributed by atoms with van der Waals surface area (Å²) in [5.41, 5.74) is 5.88. The van der Waals surface area contributed by atoms with Gasteiger partial charge in [-0.1, -0.05) is 73.1 Å². The van der Waals surface area contributed by atoms with E-state index < -0.39 is 0 Å². The second kappa shape index (κ2) is 7.55. The number of nitrogens with one attached hydrogen (secondary N) is 1. The lowest BCUT2D eigenvalue weighted by molar-refractivity contribution is -0.120. The van der Waals surface area contributed by atoms with Crippen molar-refractivity contribution < 1.29 is 4.79 Å². The zero-order valence-electron chi connectivity index (χ0n) is 13.6. The number of carbonyl (C=O) groups is 1. The summed E-state index contributed by atoms with van der Waals surface area (Å²) in [4.78, 5) is 11.8. The van der Waals surface area contributed by atoms with E-state index in [0.717, 1.165) is 15.6 Å². The van der Waals surface area contributed by atoms with E-state index in [-0.39, 0.29) is 11.3 Å². The maximum absolute atomic E-state index is 11.8. The van der Waals surface area contributed by atoms with Gasteiger partial charge in [0.25, 0.3) is 0 Å². The van der Waals surface area contributed by atoms with Crippen LogP contribution in [0.25, 0.3) is 0 Å². The van der Waals surface area contributed by atoms with Crippen LogP contribution < -0.4 is 5.43 Å². The van der Waals surface area contributed by atoms with Gasteiger partial charge in [0, 0.05) is 4.47 Å². The molecule has 3 nitrogen and oxygen atoms in total. The average molecular weight is 373 g/mol. The van der Waals surface area contributed by atoms with Gasteiger partial charge in [0.2, 0.25) is 5.91 Å². The van der Waals surface area contributed by atoms with Gasteiger partial charge >= 0.3 is 0 Å². The van der Waals surface area contributed by atoms with Crippen molar-refractivity contribution in [1.82, 2.24) is 5.43 Å². The van der Waals surface area contributed by atoms with Gasteiger partial charge in [0.15, 0.2) is 0 Å². The predicted octanol–water partition coefficient (Wildman–Crippen LogP) is 4.44. The molecule has 0 radical (unpaired) electrons. The minimum atomic E-state index is -0.130. The van der Waals surface area contributed by atoms with E-state index in [4.69, 9.17) is 0 Å². The van der Waals surface area contributed by atoms with Crippen molar-refractivity contribution in [2.75, 3.05) is 0 Å². The largest absolute Gasteiger partial charge is 0.273 e. The molecule has 4 heteroatoms. The number of hydrogen-bond donors (Lipinski definition) is 1. The molecule has 0 saturated heterocycles.